The van der Waals surface area contributed by atoms with Crippen LogP contribution in [0.25, 0.3) is 120 Å². The van der Waals surface area contributed by atoms with E-state index in [4.69, 9.17) is 19.4 Å². The average molecular weight is 758 g/mol. The lowest BCUT2D eigenvalue weighted by molar-refractivity contribution is 0.669. The molecule has 0 aliphatic rings. The maximum atomic E-state index is 6.50. The maximum absolute atomic E-state index is 6.50. The summed E-state index contributed by atoms with van der Waals surface area (Å²) in [5.41, 5.74) is 9.03. The molecule has 0 aliphatic heterocycles. The number of fused-ring (bicyclic) bond motifs is 9. The Kier molecular flexibility index (Phi) is 7.37. The highest BCUT2D eigenvalue weighted by Gasteiger charge is 2.19. The summed E-state index contributed by atoms with van der Waals surface area (Å²) in [6, 6.07) is 66.3. The fraction of sp³-hybridized carbons (Fsp3) is 0. The van der Waals surface area contributed by atoms with Gasteiger partial charge in [0.1, 0.15) is 11.2 Å². The summed E-state index contributed by atoms with van der Waals surface area (Å²) in [7, 11) is 0. The first-order chi connectivity index (χ1) is 28.7. The van der Waals surface area contributed by atoms with Crippen molar-refractivity contribution in [2.24, 2.45) is 0 Å². The van der Waals surface area contributed by atoms with Gasteiger partial charge < -0.3 is 4.42 Å². The monoisotopic (exact) mass is 757 g/mol. The molecule has 0 N–H and O–H groups in total. The van der Waals surface area contributed by atoms with E-state index in [2.05, 4.69) is 170 Å². The predicted octanol–water partition coefficient (Wildman–Crippen LogP) is 14.8. The van der Waals surface area contributed by atoms with Crippen LogP contribution in [0.5, 0.6) is 0 Å². The molecule has 0 spiro atoms. The van der Waals surface area contributed by atoms with E-state index in [1.807, 2.05) is 18.2 Å². The SMILES string of the molecule is c1ccc(-c2nc(-c3cccc(-c4cccc5oc6ccc(-c7ccc8c(ccc9ccccc98)c7)cc6c45)c3)nc(-c3cccc4sc5ccccc5c34)n2)cc1. The van der Waals surface area contributed by atoms with Gasteiger partial charge in [-0.25, -0.2) is 15.0 Å². The Morgan fingerprint density at radius 2 is 0.983 bits per heavy atom. The number of aromatic nitrogens is 3. The third-order valence-electron chi connectivity index (χ3n) is 11.3. The van der Waals surface area contributed by atoms with Crippen molar-refractivity contribution in [3.8, 4) is 56.4 Å². The van der Waals surface area contributed by atoms with Crippen LogP contribution in [-0.2, 0) is 0 Å². The first-order valence-corrected chi connectivity index (χ1v) is 20.2. The van der Waals surface area contributed by atoms with Gasteiger partial charge in [0, 0.05) is 47.6 Å². The molecular weight excluding hydrogens is 727 g/mol. The van der Waals surface area contributed by atoms with Crippen molar-refractivity contribution in [2.75, 3.05) is 0 Å². The molecule has 0 aliphatic carbocycles. The van der Waals surface area contributed by atoms with E-state index in [-0.39, 0.29) is 0 Å². The van der Waals surface area contributed by atoms with Gasteiger partial charge in [0.2, 0.25) is 0 Å². The summed E-state index contributed by atoms with van der Waals surface area (Å²) < 4.78 is 8.95. The highest BCUT2D eigenvalue weighted by atomic mass is 32.1. The highest BCUT2D eigenvalue weighted by Crippen LogP contribution is 2.42. The molecule has 12 rings (SSSR count). The Bertz CT molecular complexity index is 3590. The normalized spacial score (nSPS) is 11.8. The third-order valence-corrected chi connectivity index (χ3v) is 12.5. The van der Waals surface area contributed by atoms with Crippen molar-refractivity contribution < 1.29 is 4.42 Å². The van der Waals surface area contributed by atoms with Gasteiger partial charge in [-0.3, -0.25) is 0 Å². The number of rotatable bonds is 5. The van der Waals surface area contributed by atoms with Crippen molar-refractivity contribution in [3.63, 3.8) is 0 Å². The zero-order chi connectivity index (χ0) is 38.2. The van der Waals surface area contributed by atoms with Crippen LogP contribution in [-0.4, -0.2) is 15.0 Å². The number of benzene rings is 9. The van der Waals surface area contributed by atoms with E-state index in [0.717, 1.165) is 55.3 Å². The second-order valence-electron chi connectivity index (χ2n) is 14.7. The van der Waals surface area contributed by atoms with Crippen LogP contribution in [0.3, 0.4) is 0 Å². The molecule has 12 aromatic rings. The van der Waals surface area contributed by atoms with Crippen molar-refractivity contribution in [1.29, 1.82) is 0 Å². The lowest BCUT2D eigenvalue weighted by Crippen LogP contribution is -2.00. The molecule has 3 heterocycles. The van der Waals surface area contributed by atoms with Gasteiger partial charge >= 0.3 is 0 Å². The molecule has 58 heavy (non-hydrogen) atoms. The van der Waals surface area contributed by atoms with Crippen LogP contribution in [0.4, 0.5) is 0 Å². The zero-order valence-electron chi connectivity index (χ0n) is 31.1. The van der Waals surface area contributed by atoms with Crippen LogP contribution < -0.4 is 0 Å². The van der Waals surface area contributed by atoms with E-state index >= 15 is 0 Å². The second-order valence-corrected chi connectivity index (χ2v) is 15.8. The van der Waals surface area contributed by atoms with Gasteiger partial charge in [0.15, 0.2) is 17.5 Å². The Labute approximate surface area is 337 Å². The molecule has 0 radical (unpaired) electrons. The van der Waals surface area contributed by atoms with Crippen LogP contribution >= 0.6 is 11.3 Å². The molecule has 0 unspecified atom stereocenters. The lowest BCUT2D eigenvalue weighted by Gasteiger charge is -2.11. The smallest absolute Gasteiger partial charge is 0.164 e. The minimum atomic E-state index is 0.623. The summed E-state index contributed by atoms with van der Waals surface area (Å²) in [6.07, 6.45) is 0. The van der Waals surface area contributed by atoms with Crippen LogP contribution in [0.1, 0.15) is 0 Å². The number of hydrogen-bond acceptors (Lipinski definition) is 5. The van der Waals surface area contributed by atoms with Gasteiger partial charge in [-0.15, -0.1) is 11.3 Å². The molecule has 3 aromatic heterocycles. The number of furan rings is 1. The van der Waals surface area contributed by atoms with Crippen molar-refractivity contribution >= 4 is 75.0 Å². The number of thiophene rings is 1. The quantitative estimate of drug-likeness (QED) is 0.164. The molecule has 0 saturated carbocycles. The van der Waals surface area contributed by atoms with Gasteiger partial charge in [0.25, 0.3) is 0 Å². The standard InChI is InChI=1S/C53H31N3OS/c1-2-12-33(13-3-1)51-54-52(56-53(55-51)43-19-10-22-48-50(43)42-17-6-7-21-47(42)58-48)38-15-8-14-36(30-38)41-18-9-20-46-49(41)44-31-35(26-28-45(44)57-46)34-25-27-40-37(29-34)24-23-32-11-4-5-16-39(32)40/h1-31H. The second kappa shape index (κ2) is 13.1. The molecule has 9 aromatic carbocycles. The first-order valence-electron chi connectivity index (χ1n) is 19.4. The van der Waals surface area contributed by atoms with Crippen molar-refractivity contribution in [3.05, 3.63) is 188 Å². The van der Waals surface area contributed by atoms with Crippen molar-refractivity contribution in [2.45, 2.75) is 0 Å². The number of hydrogen-bond donors (Lipinski definition) is 0. The zero-order valence-corrected chi connectivity index (χ0v) is 31.9. The Hall–Kier alpha value is -7.47. The summed E-state index contributed by atoms with van der Waals surface area (Å²) in [5.74, 6) is 1.92. The van der Waals surface area contributed by atoms with E-state index in [0.29, 0.717) is 17.5 Å². The van der Waals surface area contributed by atoms with Crippen LogP contribution in [0.15, 0.2) is 192 Å². The predicted molar refractivity (Wildman–Crippen MR) is 242 cm³/mol. The molecule has 0 amide bonds. The van der Waals surface area contributed by atoms with E-state index in [1.165, 1.54) is 47.3 Å². The minimum absolute atomic E-state index is 0.623. The lowest BCUT2D eigenvalue weighted by atomic mass is 9.95. The van der Waals surface area contributed by atoms with Crippen LogP contribution in [0.2, 0.25) is 0 Å². The van der Waals surface area contributed by atoms with E-state index in [1.54, 1.807) is 11.3 Å². The summed E-state index contributed by atoms with van der Waals surface area (Å²) in [4.78, 5) is 15.5. The van der Waals surface area contributed by atoms with E-state index in [9.17, 15) is 0 Å². The fourth-order valence-electron chi connectivity index (χ4n) is 8.57. The van der Waals surface area contributed by atoms with E-state index < -0.39 is 0 Å². The molecule has 5 heteroatoms. The average Bonchev–Trinajstić information content (AvgIpc) is 3.87. The van der Waals surface area contributed by atoms with Gasteiger partial charge in [-0.2, -0.15) is 0 Å². The summed E-state index contributed by atoms with van der Waals surface area (Å²) >= 11 is 1.79. The van der Waals surface area contributed by atoms with Crippen LogP contribution in [0, 0.1) is 0 Å². The fourth-order valence-corrected chi connectivity index (χ4v) is 9.70. The Morgan fingerprint density at radius 1 is 0.328 bits per heavy atom. The topological polar surface area (TPSA) is 51.8 Å². The molecule has 4 nitrogen and oxygen atoms in total. The first kappa shape index (κ1) is 32.7. The molecule has 270 valence electrons. The maximum Gasteiger partial charge on any atom is 0.164 e. The van der Waals surface area contributed by atoms with Crippen molar-refractivity contribution in [1.82, 2.24) is 15.0 Å². The molecule has 0 fully saturated rings. The largest absolute Gasteiger partial charge is 0.456 e. The molecule has 0 bridgehead atoms. The van der Waals surface area contributed by atoms with Gasteiger partial charge in [0.05, 0.1) is 0 Å². The summed E-state index contributed by atoms with van der Waals surface area (Å²) in [6.45, 7) is 0. The third kappa shape index (κ3) is 5.32. The summed E-state index contributed by atoms with van der Waals surface area (Å²) in [5, 5.41) is 9.55. The Balaban J connectivity index is 1.00. The highest BCUT2D eigenvalue weighted by molar-refractivity contribution is 7.25. The molecular formula is C53H31N3OS. The van der Waals surface area contributed by atoms with Gasteiger partial charge in [-0.05, 0) is 86.3 Å². The molecule has 0 atom stereocenters. The Morgan fingerprint density at radius 3 is 1.91 bits per heavy atom. The molecule has 0 saturated heterocycles. The number of nitrogens with zero attached hydrogens (tertiary/aromatic N) is 3. The minimum Gasteiger partial charge on any atom is -0.456 e. The van der Waals surface area contributed by atoms with Gasteiger partial charge in [-0.1, -0.05) is 146 Å².